The van der Waals surface area contributed by atoms with Gasteiger partial charge in [-0.3, -0.25) is 0 Å². The monoisotopic (exact) mass is 493 g/mol. The molecule has 1 unspecified atom stereocenters. The van der Waals surface area contributed by atoms with Gasteiger partial charge < -0.3 is 24.2 Å². The zero-order valence-corrected chi connectivity index (χ0v) is 20.3. The van der Waals surface area contributed by atoms with Crippen molar-refractivity contribution < 1.29 is 24.1 Å². The van der Waals surface area contributed by atoms with Crippen LogP contribution in [0.5, 0.6) is 11.5 Å². The smallest absolute Gasteiger partial charge is 0.359 e. The Kier molecular flexibility index (Phi) is 6.02. The lowest BCUT2D eigenvalue weighted by Crippen LogP contribution is -2.42. The minimum atomic E-state index is -1.48. The summed E-state index contributed by atoms with van der Waals surface area (Å²) in [5, 5.41) is 11.9. The number of rotatable bonds is 5. The molecular weight excluding hydrogens is 466 g/mol. The van der Waals surface area contributed by atoms with E-state index in [1.54, 1.807) is 12.1 Å². The van der Waals surface area contributed by atoms with Gasteiger partial charge in [-0.15, -0.1) is 0 Å². The van der Waals surface area contributed by atoms with E-state index in [0.717, 1.165) is 29.7 Å². The molecule has 0 spiro atoms. The molecule has 4 aromatic rings. The Morgan fingerprint density at radius 3 is 2.38 bits per heavy atom. The summed E-state index contributed by atoms with van der Waals surface area (Å²) in [7, 11) is 0. The number of phenols is 1. The molecule has 186 valence electrons. The Morgan fingerprint density at radius 2 is 1.62 bits per heavy atom. The highest BCUT2D eigenvalue weighted by molar-refractivity contribution is 5.98. The molecule has 37 heavy (non-hydrogen) atoms. The van der Waals surface area contributed by atoms with E-state index in [9.17, 15) is 9.90 Å². The molecule has 0 saturated carbocycles. The van der Waals surface area contributed by atoms with Crippen LogP contribution in [0.15, 0.2) is 91.0 Å². The summed E-state index contributed by atoms with van der Waals surface area (Å²) in [6.45, 7) is 3.17. The van der Waals surface area contributed by atoms with E-state index in [2.05, 4.69) is 4.90 Å². The highest BCUT2D eigenvalue weighted by atomic mass is 16.6. The standard InChI is InChI=1S/C31H27NO5/c33-28-20-23-14-15-31(30(34)36-21-22-6-2-1-3-7-22,37-29(23)27-9-5-4-8-26(27)28)24-10-12-25(13-11-24)32-16-18-35-19-17-32/h1-15,20,33H,16-19,21H2. The molecule has 0 amide bonds. The van der Waals surface area contributed by atoms with Gasteiger partial charge in [0.2, 0.25) is 5.60 Å². The van der Waals surface area contributed by atoms with Gasteiger partial charge in [0.15, 0.2) is 0 Å². The second kappa shape index (κ2) is 9.64. The van der Waals surface area contributed by atoms with Crippen molar-refractivity contribution in [2.24, 2.45) is 0 Å². The first kappa shape index (κ1) is 23.1. The number of aromatic hydroxyl groups is 1. The van der Waals surface area contributed by atoms with Gasteiger partial charge in [-0.1, -0.05) is 72.8 Å². The molecule has 2 aliphatic rings. The average Bonchev–Trinajstić information content (AvgIpc) is 2.97. The number of carbonyl (C=O) groups is 1. The number of hydrogen-bond donors (Lipinski definition) is 1. The highest BCUT2D eigenvalue weighted by Crippen LogP contribution is 2.45. The predicted molar refractivity (Wildman–Crippen MR) is 143 cm³/mol. The van der Waals surface area contributed by atoms with Crippen molar-refractivity contribution in [3.8, 4) is 11.5 Å². The van der Waals surface area contributed by atoms with Crippen LogP contribution >= 0.6 is 0 Å². The lowest BCUT2D eigenvalue weighted by molar-refractivity contribution is -0.160. The van der Waals surface area contributed by atoms with Gasteiger partial charge in [0, 0.05) is 40.7 Å². The van der Waals surface area contributed by atoms with Gasteiger partial charge in [0.1, 0.15) is 18.1 Å². The molecule has 6 nitrogen and oxygen atoms in total. The maximum Gasteiger partial charge on any atom is 0.359 e. The third-order valence-corrected chi connectivity index (χ3v) is 6.95. The molecule has 1 N–H and O–H groups in total. The van der Waals surface area contributed by atoms with Crippen LogP contribution in [-0.4, -0.2) is 37.4 Å². The molecular formula is C31H27NO5. The van der Waals surface area contributed by atoms with Crippen LogP contribution in [-0.2, 0) is 26.5 Å². The number of carbonyl (C=O) groups excluding carboxylic acids is 1. The molecule has 6 heteroatoms. The predicted octanol–water partition coefficient (Wildman–Crippen LogP) is 5.43. The molecule has 1 saturated heterocycles. The fraction of sp³-hybridized carbons (Fsp3) is 0.194. The molecule has 2 heterocycles. The Bertz CT molecular complexity index is 1460. The quantitative estimate of drug-likeness (QED) is 0.374. The Hall–Kier alpha value is -4.29. The zero-order valence-electron chi connectivity index (χ0n) is 20.3. The maximum absolute atomic E-state index is 13.8. The van der Waals surface area contributed by atoms with Crippen molar-refractivity contribution in [2.45, 2.75) is 12.2 Å². The number of morpholine rings is 1. The Balaban J connectivity index is 1.40. The van der Waals surface area contributed by atoms with E-state index in [4.69, 9.17) is 14.2 Å². The molecule has 0 bridgehead atoms. The zero-order chi connectivity index (χ0) is 25.2. The van der Waals surface area contributed by atoms with E-state index >= 15 is 0 Å². The fourth-order valence-electron chi connectivity index (χ4n) is 4.94. The van der Waals surface area contributed by atoms with Crippen LogP contribution in [0.1, 0.15) is 16.7 Å². The lowest BCUT2D eigenvalue weighted by Gasteiger charge is -2.34. The largest absolute Gasteiger partial charge is 0.507 e. The number of esters is 1. The SMILES string of the molecule is O=C(OCc1ccccc1)C1(c2ccc(N3CCOCC3)cc2)C=Cc2cc(O)c3ccccc3c2O1. The van der Waals surface area contributed by atoms with Gasteiger partial charge >= 0.3 is 5.97 Å². The first-order chi connectivity index (χ1) is 18.1. The van der Waals surface area contributed by atoms with Crippen molar-refractivity contribution in [1.29, 1.82) is 0 Å². The van der Waals surface area contributed by atoms with Crippen molar-refractivity contribution in [3.05, 3.63) is 108 Å². The first-order valence-electron chi connectivity index (χ1n) is 12.4. The summed E-state index contributed by atoms with van der Waals surface area (Å²) in [5.41, 5.74) is 1.85. The summed E-state index contributed by atoms with van der Waals surface area (Å²) < 4.78 is 17.9. The Labute approximate surface area is 215 Å². The molecule has 1 fully saturated rings. The number of ether oxygens (including phenoxy) is 3. The van der Waals surface area contributed by atoms with Gasteiger partial charge in [0.25, 0.3) is 0 Å². The average molecular weight is 494 g/mol. The summed E-state index contributed by atoms with van der Waals surface area (Å²) in [5.74, 6) is 0.191. The minimum absolute atomic E-state index is 0.133. The lowest BCUT2D eigenvalue weighted by atomic mass is 9.89. The van der Waals surface area contributed by atoms with Gasteiger partial charge in [-0.05, 0) is 29.8 Å². The number of hydrogen-bond acceptors (Lipinski definition) is 6. The first-order valence-corrected chi connectivity index (χ1v) is 12.4. The van der Waals surface area contributed by atoms with Crippen molar-refractivity contribution in [3.63, 3.8) is 0 Å². The van der Waals surface area contributed by atoms with E-state index < -0.39 is 11.6 Å². The van der Waals surface area contributed by atoms with Crippen LogP contribution < -0.4 is 9.64 Å². The highest BCUT2D eigenvalue weighted by Gasteiger charge is 2.45. The van der Waals surface area contributed by atoms with Crippen LogP contribution in [0.25, 0.3) is 16.8 Å². The topological polar surface area (TPSA) is 68.2 Å². The second-order valence-electron chi connectivity index (χ2n) is 9.24. The third kappa shape index (κ3) is 4.30. The molecule has 4 aromatic carbocycles. The number of phenolic OH excluding ortho intramolecular Hbond substituents is 1. The molecule has 6 rings (SSSR count). The number of anilines is 1. The third-order valence-electron chi connectivity index (χ3n) is 6.95. The van der Waals surface area contributed by atoms with E-state index in [1.165, 1.54) is 0 Å². The van der Waals surface area contributed by atoms with Crippen LogP contribution in [0.2, 0.25) is 0 Å². The van der Waals surface area contributed by atoms with Crippen LogP contribution in [0.4, 0.5) is 5.69 Å². The number of benzene rings is 4. The maximum atomic E-state index is 13.8. The number of nitrogens with zero attached hydrogens (tertiary/aromatic N) is 1. The van der Waals surface area contributed by atoms with Crippen molar-refractivity contribution >= 4 is 28.5 Å². The molecule has 0 aromatic heterocycles. The fourth-order valence-corrected chi connectivity index (χ4v) is 4.94. The van der Waals surface area contributed by atoms with Crippen LogP contribution in [0, 0.1) is 0 Å². The van der Waals surface area contributed by atoms with Crippen molar-refractivity contribution in [1.82, 2.24) is 0 Å². The summed E-state index contributed by atoms with van der Waals surface area (Å²) in [6.07, 6.45) is 3.55. The normalized spacial score (nSPS) is 18.8. The minimum Gasteiger partial charge on any atom is -0.507 e. The van der Waals surface area contributed by atoms with Gasteiger partial charge in [-0.2, -0.15) is 0 Å². The van der Waals surface area contributed by atoms with E-state index in [0.29, 0.717) is 35.5 Å². The van der Waals surface area contributed by atoms with Gasteiger partial charge in [-0.25, -0.2) is 4.79 Å². The number of fused-ring (bicyclic) bond motifs is 3. The van der Waals surface area contributed by atoms with Crippen molar-refractivity contribution in [2.75, 3.05) is 31.2 Å². The van der Waals surface area contributed by atoms with Gasteiger partial charge in [0.05, 0.1) is 13.2 Å². The van der Waals surface area contributed by atoms with Crippen LogP contribution in [0.3, 0.4) is 0 Å². The van der Waals surface area contributed by atoms with E-state index in [1.807, 2.05) is 84.9 Å². The second-order valence-corrected chi connectivity index (χ2v) is 9.24. The molecule has 2 aliphatic heterocycles. The molecule has 1 atom stereocenters. The summed E-state index contributed by atoms with van der Waals surface area (Å²) in [4.78, 5) is 16.1. The molecule has 0 aliphatic carbocycles. The summed E-state index contributed by atoms with van der Waals surface area (Å²) >= 11 is 0. The molecule has 0 radical (unpaired) electrons. The Morgan fingerprint density at radius 1 is 0.919 bits per heavy atom. The van der Waals surface area contributed by atoms with E-state index in [-0.39, 0.29) is 12.4 Å². The summed E-state index contributed by atoms with van der Waals surface area (Å²) in [6, 6.07) is 26.6.